The quantitative estimate of drug-likeness (QED) is 0.824. The van der Waals surface area contributed by atoms with E-state index in [1.54, 1.807) is 0 Å². The van der Waals surface area contributed by atoms with Gasteiger partial charge in [-0.05, 0) is 15.9 Å². The van der Waals surface area contributed by atoms with Gasteiger partial charge in [-0.15, -0.1) is 11.3 Å². The third-order valence-corrected chi connectivity index (χ3v) is 3.23. The maximum absolute atomic E-state index is 8.83. The molecule has 66 valence electrons. The molecule has 12 heavy (non-hydrogen) atoms. The van der Waals surface area contributed by atoms with Gasteiger partial charge in [0.25, 0.3) is 0 Å². The fraction of sp³-hybridized carbons (Fsp3) is 0.429. The van der Waals surface area contributed by atoms with E-state index in [9.17, 15) is 0 Å². The molecule has 1 N–H and O–H groups in total. The lowest BCUT2D eigenvalue weighted by Gasteiger charge is -2.22. The first-order chi connectivity index (χ1) is 5.81. The van der Waals surface area contributed by atoms with Crippen LogP contribution in [0.2, 0.25) is 0 Å². The summed E-state index contributed by atoms with van der Waals surface area (Å²) >= 11 is 4.86. The van der Waals surface area contributed by atoms with Crippen molar-refractivity contribution in [3.63, 3.8) is 0 Å². The van der Waals surface area contributed by atoms with E-state index in [0.717, 1.165) is 9.54 Å². The van der Waals surface area contributed by atoms with Crippen molar-refractivity contribution in [2.45, 2.75) is 6.10 Å². The van der Waals surface area contributed by atoms with Crippen molar-refractivity contribution in [2.24, 2.45) is 0 Å². The molecule has 5 heteroatoms. The Morgan fingerprint density at radius 1 is 1.75 bits per heavy atom. The summed E-state index contributed by atoms with van der Waals surface area (Å²) in [5, 5.41) is 10.7. The average molecular weight is 251 g/mol. The molecule has 0 amide bonds. The van der Waals surface area contributed by atoms with E-state index in [4.69, 9.17) is 14.6 Å². The van der Waals surface area contributed by atoms with Crippen molar-refractivity contribution in [1.82, 2.24) is 0 Å². The second-order valence-corrected chi connectivity index (χ2v) is 4.63. The van der Waals surface area contributed by atoms with Crippen LogP contribution in [-0.2, 0) is 0 Å². The zero-order chi connectivity index (χ0) is 8.55. The van der Waals surface area contributed by atoms with Crippen molar-refractivity contribution in [3.05, 3.63) is 9.17 Å². The van der Waals surface area contributed by atoms with Crippen molar-refractivity contribution in [1.29, 1.82) is 0 Å². The summed E-state index contributed by atoms with van der Waals surface area (Å²) in [6, 6.07) is 0. The highest BCUT2D eigenvalue weighted by molar-refractivity contribution is 9.11. The Morgan fingerprint density at radius 3 is 3.33 bits per heavy atom. The first kappa shape index (κ1) is 8.34. The topological polar surface area (TPSA) is 38.7 Å². The molecule has 1 aromatic heterocycles. The van der Waals surface area contributed by atoms with Crippen LogP contribution in [0.3, 0.4) is 0 Å². The van der Waals surface area contributed by atoms with Crippen LogP contribution in [0.15, 0.2) is 9.17 Å². The van der Waals surface area contributed by atoms with E-state index in [1.807, 2.05) is 5.38 Å². The fourth-order valence-corrected chi connectivity index (χ4v) is 2.20. The van der Waals surface area contributed by atoms with Gasteiger partial charge in [0, 0.05) is 5.38 Å². The standard InChI is InChI=1S/C7H7BrO3S/c8-7-6-5(3-12-7)10-2-4(1-9)11-6/h3-4,9H,1-2H2. The molecule has 2 heterocycles. The first-order valence-electron chi connectivity index (χ1n) is 3.48. The molecule has 0 spiro atoms. The number of hydrogen-bond acceptors (Lipinski definition) is 4. The Morgan fingerprint density at radius 2 is 2.58 bits per heavy atom. The van der Waals surface area contributed by atoms with Crippen LogP contribution in [0.5, 0.6) is 11.5 Å². The van der Waals surface area contributed by atoms with E-state index < -0.39 is 0 Å². The summed E-state index contributed by atoms with van der Waals surface area (Å²) in [7, 11) is 0. The second kappa shape index (κ2) is 3.24. The molecule has 0 saturated carbocycles. The van der Waals surface area contributed by atoms with E-state index >= 15 is 0 Å². The minimum absolute atomic E-state index is 0.0122. The third-order valence-electron chi connectivity index (χ3n) is 1.58. The van der Waals surface area contributed by atoms with E-state index in [1.165, 1.54) is 11.3 Å². The predicted molar refractivity (Wildman–Crippen MR) is 49.0 cm³/mol. The number of aliphatic hydroxyl groups excluding tert-OH is 1. The number of thiophene rings is 1. The van der Waals surface area contributed by atoms with Gasteiger partial charge < -0.3 is 14.6 Å². The van der Waals surface area contributed by atoms with Gasteiger partial charge in [0.1, 0.15) is 10.4 Å². The summed E-state index contributed by atoms with van der Waals surface area (Å²) in [6.45, 7) is 0.411. The summed E-state index contributed by atoms with van der Waals surface area (Å²) in [4.78, 5) is 0. The summed E-state index contributed by atoms with van der Waals surface area (Å²) < 4.78 is 11.7. The third kappa shape index (κ3) is 1.32. The minimum Gasteiger partial charge on any atom is -0.485 e. The molecule has 0 radical (unpaired) electrons. The Labute approximate surface area is 82.0 Å². The number of rotatable bonds is 1. The highest BCUT2D eigenvalue weighted by Gasteiger charge is 2.23. The average Bonchev–Trinajstić information content (AvgIpc) is 2.47. The number of ether oxygens (including phenoxy) is 2. The summed E-state index contributed by atoms with van der Waals surface area (Å²) in [5.74, 6) is 1.47. The van der Waals surface area contributed by atoms with Crippen molar-refractivity contribution < 1.29 is 14.6 Å². The van der Waals surface area contributed by atoms with Crippen molar-refractivity contribution >= 4 is 27.3 Å². The summed E-state index contributed by atoms with van der Waals surface area (Å²) in [5.41, 5.74) is 0. The van der Waals surface area contributed by atoms with Crippen LogP contribution in [0.1, 0.15) is 0 Å². The van der Waals surface area contributed by atoms with Gasteiger partial charge in [-0.2, -0.15) is 0 Å². The molecule has 1 unspecified atom stereocenters. The van der Waals surface area contributed by atoms with Crippen molar-refractivity contribution in [2.75, 3.05) is 13.2 Å². The fourth-order valence-electron chi connectivity index (χ4n) is 0.987. The van der Waals surface area contributed by atoms with E-state index in [-0.39, 0.29) is 12.7 Å². The van der Waals surface area contributed by atoms with E-state index in [2.05, 4.69) is 15.9 Å². The van der Waals surface area contributed by atoms with Gasteiger partial charge in [-0.3, -0.25) is 0 Å². The molecule has 1 atom stereocenters. The molecular formula is C7H7BrO3S. The molecule has 1 aliphatic heterocycles. The molecule has 1 aliphatic rings. The summed E-state index contributed by atoms with van der Waals surface area (Å²) in [6.07, 6.45) is -0.233. The lowest BCUT2D eigenvalue weighted by molar-refractivity contribution is 0.0460. The Kier molecular flexibility index (Phi) is 2.25. The smallest absolute Gasteiger partial charge is 0.186 e. The molecule has 0 aromatic carbocycles. The largest absolute Gasteiger partial charge is 0.485 e. The van der Waals surface area contributed by atoms with Gasteiger partial charge in [-0.1, -0.05) is 0 Å². The van der Waals surface area contributed by atoms with Crippen molar-refractivity contribution in [3.8, 4) is 11.5 Å². The van der Waals surface area contributed by atoms with Crippen LogP contribution >= 0.6 is 27.3 Å². The number of fused-ring (bicyclic) bond motifs is 1. The number of halogens is 1. The molecule has 3 nitrogen and oxygen atoms in total. The van der Waals surface area contributed by atoms with Crippen LogP contribution in [-0.4, -0.2) is 24.4 Å². The first-order valence-corrected chi connectivity index (χ1v) is 5.16. The van der Waals surface area contributed by atoms with Crippen LogP contribution in [0, 0.1) is 0 Å². The lowest BCUT2D eigenvalue weighted by atomic mass is 10.3. The monoisotopic (exact) mass is 250 g/mol. The molecule has 0 aliphatic carbocycles. The van der Waals surface area contributed by atoms with Crippen LogP contribution < -0.4 is 9.47 Å². The highest BCUT2D eigenvalue weighted by Crippen LogP contribution is 2.43. The Hall–Kier alpha value is -0.260. The predicted octanol–water partition coefficient (Wildman–Crippen LogP) is 1.64. The second-order valence-electron chi connectivity index (χ2n) is 2.44. The number of hydrogen-bond donors (Lipinski definition) is 1. The number of aliphatic hydroxyl groups is 1. The van der Waals surface area contributed by atoms with Gasteiger partial charge in [0.05, 0.1) is 6.61 Å². The van der Waals surface area contributed by atoms with Gasteiger partial charge >= 0.3 is 0 Å². The van der Waals surface area contributed by atoms with Gasteiger partial charge in [0.15, 0.2) is 17.6 Å². The molecule has 2 rings (SSSR count). The zero-order valence-corrected chi connectivity index (χ0v) is 8.52. The maximum Gasteiger partial charge on any atom is 0.186 e. The zero-order valence-electron chi connectivity index (χ0n) is 6.12. The maximum atomic E-state index is 8.83. The van der Waals surface area contributed by atoms with E-state index in [0.29, 0.717) is 12.4 Å². The van der Waals surface area contributed by atoms with Gasteiger partial charge in [-0.25, -0.2) is 0 Å². The SMILES string of the molecule is OCC1COc2csc(Br)c2O1. The molecule has 0 fully saturated rings. The minimum atomic E-state index is -0.233. The molecular weight excluding hydrogens is 244 g/mol. The molecule has 0 saturated heterocycles. The highest BCUT2D eigenvalue weighted by atomic mass is 79.9. The normalized spacial score (nSPS) is 21.0. The van der Waals surface area contributed by atoms with Crippen LogP contribution in [0.25, 0.3) is 0 Å². The Balaban J connectivity index is 2.26. The molecule has 0 bridgehead atoms. The molecule has 1 aromatic rings. The van der Waals surface area contributed by atoms with Gasteiger partial charge in [0.2, 0.25) is 0 Å². The Bertz CT molecular complexity index is 286. The lowest BCUT2D eigenvalue weighted by Crippen LogP contribution is -2.31. The van der Waals surface area contributed by atoms with Crippen LogP contribution in [0.4, 0.5) is 0 Å².